The van der Waals surface area contributed by atoms with Gasteiger partial charge in [0.1, 0.15) is 5.78 Å². The van der Waals surface area contributed by atoms with Crippen LogP contribution in [0.5, 0.6) is 0 Å². The van der Waals surface area contributed by atoms with E-state index in [1.165, 1.54) is 13.0 Å². The van der Waals surface area contributed by atoms with E-state index in [1.807, 2.05) is 42.5 Å². The number of carbonyl (C=O) groups excluding carboxylic acids is 2. The molecule has 0 bridgehead atoms. The molecule has 2 heteroatoms. The van der Waals surface area contributed by atoms with Gasteiger partial charge in [0.05, 0.1) is 5.92 Å². The van der Waals surface area contributed by atoms with Gasteiger partial charge in [-0.1, -0.05) is 49.0 Å². The summed E-state index contributed by atoms with van der Waals surface area (Å²) in [7, 11) is 0. The van der Waals surface area contributed by atoms with Crippen molar-refractivity contribution in [2.24, 2.45) is 5.92 Å². The van der Waals surface area contributed by atoms with E-state index >= 15 is 0 Å². The topological polar surface area (TPSA) is 34.1 Å². The van der Waals surface area contributed by atoms with Crippen LogP contribution in [0.25, 0.3) is 10.8 Å². The molecule has 0 amide bonds. The lowest BCUT2D eigenvalue weighted by atomic mass is 9.89. The highest BCUT2D eigenvalue weighted by atomic mass is 16.1. The van der Waals surface area contributed by atoms with Crippen molar-refractivity contribution in [2.75, 3.05) is 0 Å². The van der Waals surface area contributed by atoms with E-state index in [1.54, 1.807) is 0 Å². The van der Waals surface area contributed by atoms with Crippen molar-refractivity contribution in [3.05, 3.63) is 60.7 Å². The summed E-state index contributed by atoms with van der Waals surface area (Å²) < 4.78 is 0. The average molecular weight is 252 g/mol. The fourth-order valence-corrected chi connectivity index (χ4v) is 2.28. The van der Waals surface area contributed by atoms with E-state index in [9.17, 15) is 9.59 Å². The summed E-state index contributed by atoms with van der Waals surface area (Å²) in [6.45, 7) is 4.92. The van der Waals surface area contributed by atoms with Crippen LogP contribution in [-0.4, -0.2) is 11.6 Å². The molecule has 2 nitrogen and oxygen atoms in total. The second-order valence-corrected chi connectivity index (χ2v) is 4.61. The van der Waals surface area contributed by atoms with Gasteiger partial charge in [-0.05, 0) is 35.8 Å². The molecule has 2 aromatic rings. The standard InChI is InChI=1S/C17H16O2/c1-3-17(19)16(12(2)18)11-14-9-6-8-13-7-4-5-10-15(13)14/h3-10,16H,1,11H2,2H3. The van der Waals surface area contributed by atoms with Crippen molar-refractivity contribution in [3.63, 3.8) is 0 Å². The maximum atomic E-state index is 11.8. The van der Waals surface area contributed by atoms with E-state index in [0.717, 1.165) is 16.3 Å². The number of Topliss-reactive ketones (excluding diaryl/α,β-unsaturated/α-hetero) is 1. The molecule has 0 heterocycles. The van der Waals surface area contributed by atoms with Gasteiger partial charge < -0.3 is 0 Å². The highest BCUT2D eigenvalue weighted by Crippen LogP contribution is 2.22. The first-order valence-electron chi connectivity index (χ1n) is 6.27. The quantitative estimate of drug-likeness (QED) is 0.604. The Labute approximate surface area is 112 Å². The molecule has 0 N–H and O–H groups in total. The Balaban J connectivity index is 2.42. The van der Waals surface area contributed by atoms with Crippen molar-refractivity contribution in [1.29, 1.82) is 0 Å². The first kappa shape index (κ1) is 13.2. The molecule has 96 valence electrons. The Bertz CT molecular complexity index is 635. The van der Waals surface area contributed by atoms with Crippen LogP contribution >= 0.6 is 0 Å². The molecule has 0 saturated heterocycles. The van der Waals surface area contributed by atoms with E-state index in [-0.39, 0.29) is 11.6 Å². The zero-order valence-electron chi connectivity index (χ0n) is 10.9. The van der Waals surface area contributed by atoms with Crippen LogP contribution in [-0.2, 0) is 16.0 Å². The fraction of sp³-hybridized carbons (Fsp3) is 0.176. The lowest BCUT2D eigenvalue weighted by molar-refractivity contribution is -0.128. The van der Waals surface area contributed by atoms with E-state index in [0.29, 0.717) is 6.42 Å². The molecular weight excluding hydrogens is 236 g/mol. The van der Waals surface area contributed by atoms with Crippen LogP contribution < -0.4 is 0 Å². The summed E-state index contributed by atoms with van der Waals surface area (Å²) in [5.41, 5.74) is 1.02. The zero-order chi connectivity index (χ0) is 13.8. The number of rotatable bonds is 5. The van der Waals surface area contributed by atoms with Gasteiger partial charge in [-0.3, -0.25) is 9.59 Å². The third-order valence-electron chi connectivity index (χ3n) is 3.34. The number of hydrogen-bond acceptors (Lipinski definition) is 2. The predicted molar refractivity (Wildman–Crippen MR) is 77.0 cm³/mol. The summed E-state index contributed by atoms with van der Waals surface area (Å²) in [4.78, 5) is 23.4. The monoisotopic (exact) mass is 252 g/mol. The van der Waals surface area contributed by atoms with Crippen LogP contribution in [0.4, 0.5) is 0 Å². The van der Waals surface area contributed by atoms with Gasteiger partial charge in [-0.2, -0.15) is 0 Å². The van der Waals surface area contributed by atoms with Gasteiger partial charge in [-0.15, -0.1) is 0 Å². The highest BCUT2D eigenvalue weighted by molar-refractivity contribution is 6.07. The zero-order valence-corrected chi connectivity index (χ0v) is 10.9. The molecule has 0 aliphatic rings. The highest BCUT2D eigenvalue weighted by Gasteiger charge is 2.21. The van der Waals surface area contributed by atoms with Crippen LogP contribution in [0.3, 0.4) is 0 Å². The molecular formula is C17H16O2. The number of carbonyl (C=O) groups is 2. The molecule has 1 unspecified atom stereocenters. The lowest BCUT2D eigenvalue weighted by Gasteiger charge is -2.12. The fourth-order valence-electron chi connectivity index (χ4n) is 2.28. The SMILES string of the molecule is C=CC(=O)C(Cc1cccc2ccccc12)C(C)=O. The van der Waals surface area contributed by atoms with Crippen molar-refractivity contribution in [2.45, 2.75) is 13.3 Å². The smallest absolute Gasteiger partial charge is 0.165 e. The molecule has 0 aromatic heterocycles. The first-order valence-corrected chi connectivity index (χ1v) is 6.27. The first-order chi connectivity index (χ1) is 9.13. The summed E-state index contributed by atoms with van der Waals surface area (Å²) in [6, 6.07) is 13.9. The summed E-state index contributed by atoms with van der Waals surface area (Å²) in [5.74, 6) is -0.943. The van der Waals surface area contributed by atoms with E-state index in [4.69, 9.17) is 0 Å². The maximum Gasteiger partial charge on any atom is 0.165 e. The molecule has 0 fully saturated rings. The minimum Gasteiger partial charge on any atom is -0.299 e. The Morgan fingerprint density at radius 3 is 2.53 bits per heavy atom. The van der Waals surface area contributed by atoms with Gasteiger partial charge in [0.25, 0.3) is 0 Å². The molecule has 19 heavy (non-hydrogen) atoms. The van der Waals surface area contributed by atoms with Gasteiger partial charge in [0.2, 0.25) is 0 Å². The number of allylic oxidation sites excluding steroid dienone is 1. The van der Waals surface area contributed by atoms with Crippen molar-refractivity contribution >= 4 is 22.3 Å². The third kappa shape index (κ3) is 2.79. The Morgan fingerprint density at radius 2 is 1.84 bits per heavy atom. The van der Waals surface area contributed by atoms with Crippen LogP contribution in [0, 0.1) is 5.92 Å². The van der Waals surface area contributed by atoms with Gasteiger partial charge in [0, 0.05) is 0 Å². The molecule has 0 aliphatic heterocycles. The number of hydrogen-bond donors (Lipinski definition) is 0. The lowest BCUT2D eigenvalue weighted by Crippen LogP contribution is -2.22. The second-order valence-electron chi connectivity index (χ2n) is 4.61. The molecule has 0 radical (unpaired) electrons. The van der Waals surface area contributed by atoms with Gasteiger partial charge in [-0.25, -0.2) is 0 Å². The number of benzene rings is 2. The van der Waals surface area contributed by atoms with Crippen molar-refractivity contribution < 1.29 is 9.59 Å². The van der Waals surface area contributed by atoms with Crippen LogP contribution in [0.1, 0.15) is 12.5 Å². The van der Waals surface area contributed by atoms with Crippen LogP contribution in [0.2, 0.25) is 0 Å². The van der Waals surface area contributed by atoms with Crippen molar-refractivity contribution in [3.8, 4) is 0 Å². The molecule has 0 aliphatic carbocycles. The Hall–Kier alpha value is -2.22. The molecule has 1 atom stereocenters. The summed E-state index contributed by atoms with van der Waals surface area (Å²) in [6.07, 6.45) is 1.67. The third-order valence-corrected chi connectivity index (χ3v) is 3.34. The molecule has 0 spiro atoms. The number of ketones is 2. The van der Waals surface area contributed by atoms with E-state index in [2.05, 4.69) is 6.58 Å². The predicted octanol–water partition coefficient (Wildman–Crippen LogP) is 3.34. The summed E-state index contributed by atoms with van der Waals surface area (Å²) in [5, 5.41) is 2.21. The van der Waals surface area contributed by atoms with E-state index < -0.39 is 5.92 Å². The average Bonchev–Trinajstić information content (AvgIpc) is 2.43. The second kappa shape index (κ2) is 5.61. The molecule has 2 rings (SSSR count). The van der Waals surface area contributed by atoms with Crippen LogP contribution in [0.15, 0.2) is 55.1 Å². The van der Waals surface area contributed by atoms with Crippen molar-refractivity contribution in [1.82, 2.24) is 0 Å². The molecule has 2 aromatic carbocycles. The Morgan fingerprint density at radius 1 is 1.16 bits per heavy atom. The summed E-state index contributed by atoms with van der Waals surface area (Å²) >= 11 is 0. The minimum atomic E-state index is -0.622. The maximum absolute atomic E-state index is 11.8. The number of fused-ring (bicyclic) bond motifs is 1. The minimum absolute atomic E-state index is 0.113. The van der Waals surface area contributed by atoms with Gasteiger partial charge in [0.15, 0.2) is 5.78 Å². The molecule has 0 saturated carbocycles. The normalized spacial score (nSPS) is 12.1. The Kier molecular flexibility index (Phi) is 3.91. The largest absolute Gasteiger partial charge is 0.299 e. The van der Waals surface area contributed by atoms with Gasteiger partial charge >= 0.3 is 0 Å².